The molecule has 2 heterocycles. The fraction of sp³-hybridized carbons (Fsp3) is 0.560. The number of methoxy groups -OCH3 is 2. The number of hydrogen-bond acceptors (Lipinski definition) is 7. The molecule has 6 atom stereocenters. The Hall–Kier alpha value is -2.61. The summed E-state index contributed by atoms with van der Waals surface area (Å²) >= 11 is 1.54. The van der Waals surface area contributed by atoms with Crippen LogP contribution in [0.3, 0.4) is 0 Å². The van der Waals surface area contributed by atoms with Gasteiger partial charge in [0.2, 0.25) is 0 Å². The van der Waals surface area contributed by atoms with Crippen molar-refractivity contribution < 1.29 is 23.8 Å². The molecule has 1 saturated carbocycles. The van der Waals surface area contributed by atoms with Gasteiger partial charge in [0.25, 0.3) is 5.91 Å². The molecule has 176 valence electrons. The number of carbonyl (C=O) groups is 2. The van der Waals surface area contributed by atoms with E-state index in [0.717, 1.165) is 25.0 Å². The second kappa shape index (κ2) is 8.01. The molecule has 5 rings (SSSR count). The van der Waals surface area contributed by atoms with Gasteiger partial charge in [-0.15, -0.1) is 11.3 Å². The standard InChI is InChI=1S/C25H30N2O5S/c1-12-14-9-10-25(3)11-17-20(13(2)19(25)21(14)32-23(12)29)26-24(33-17)27-22(28)18-15(30-4)7-6-8-16(18)31-5/h6-8,12-14,19,21H,9-11H2,1-5H3,(H,26,27,28)/t12-,13-,14-,19+,21-,25+/m0/s1. The zero-order valence-corrected chi connectivity index (χ0v) is 20.5. The molecule has 0 radical (unpaired) electrons. The van der Waals surface area contributed by atoms with E-state index in [4.69, 9.17) is 19.2 Å². The molecule has 33 heavy (non-hydrogen) atoms. The molecule has 1 N–H and O–H groups in total. The SMILES string of the molecule is COc1cccc(OC)c1C(=O)Nc1nc2c(s1)C[C@@]1(C)CC[C@@H]3[C@H](OC(=O)[C@H]3C)[C@H]1[C@@H]2C. The number of thiazole rings is 1. The maximum absolute atomic E-state index is 13.1. The molecule has 1 saturated heterocycles. The lowest BCUT2D eigenvalue weighted by atomic mass is 9.54. The van der Waals surface area contributed by atoms with Crippen LogP contribution in [0, 0.1) is 23.2 Å². The van der Waals surface area contributed by atoms with Gasteiger partial charge in [-0.1, -0.05) is 26.8 Å². The van der Waals surface area contributed by atoms with Crippen molar-refractivity contribution in [2.45, 2.75) is 52.1 Å². The molecule has 3 aliphatic rings. The third kappa shape index (κ3) is 3.41. The predicted molar refractivity (Wildman–Crippen MR) is 125 cm³/mol. The Kier molecular flexibility index (Phi) is 5.39. The van der Waals surface area contributed by atoms with Crippen LogP contribution in [-0.2, 0) is 16.0 Å². The fourth-order valence-corrected chi connectivity index (χ4v) is 7.63. The zero-order valence-electron chi connectivity index (χ0n) is 19.6. The van der Waals surface area contributed by atoms with Gasteiger partial charge in [-0.05, 0) is 36.8 Å². The number of nitrogens with zero attached hydrogens (tertiary/aromatic N) is 1. The Labute approximate surface area is 197 Å². The lowest BCUT2D eigenvalue weighted by Gasteiger charge is -2.51. The predicted octanol–water partition coefficient (Wildman–Crippen LogP) is 4.67. The Morgan fingerprint density at radius 3 is 2.58 bits per heavy atom. The van der Waals surface area contributed by atoms with Crippen LogP contribution in [0.4, 0.5) is 5.13 Å². The number of esters is 1. The van der Waals surface area contributed by atoms with Gasteiger partial charge in [-0.25, -0.2) is 4.98 Å². The smallest absolute Gasteiger partial charge is 0.309 e. The normalized spacial score (nSPS) is 32.3. The first kappa shape index (κ1) is 22.2. The van der Waals surface area contributed by atoms with Crippen LogP contribution in [0.15, 0.2) is 18.2 Å². The molecule has 8 heteroatoms. The highest BCUT2D eigenvalue weighted by molar-refractivity contribution is 7.16. The summed E-state index contributed by atoms with van der Waals surface area (Å²) in [6, 6.07) is 5.25. The van der Waals surface area contributed by atoms with Crippen molar-refractivity contribution in [3.05, 3.63) is 34.3 Å². The van der Waals surface area contributed by atoms with Crippen molar-refractivity contribution in [2.75, 3.05) is 19.5 Å². The van der Waals surface area contributed by atoms with Crippen molar-refractivity contribution in [2.24, 2.45) is 23.2 Å². The van der Waals surface area contributed by atoms with Gasteiger partial charge >= 0.3 is 5.97 Å². The average Bonchev–Trinajstić information content (AvgIpc) is 3.32. The van der Waals surface area contributed by atoms with Gasteiger partial charge in [0, 0.05) is 22.6 Å². The minimum Gasteiger partial charge on any atom is -0.496 e. The van der Waals surface area contributed by atoms with Crippen LogP contribution in [0.2, 0.25) is 0 Å². The summed E-state index contributed by atoms with van der Waals surface area (Å²) in [7, 11) is 3.06. The molecule has 1 aromatic heterocycles. The van der Waals surface area contributed by atoms with Crippen molar-refractivity contribution >= 4 is 28.3 Å². The van der Waals surface area contributed by atoms with Crippen LogP contribution < -0.4 is 14.8 Å². The number of rotatable bonds is 4. The number of benzene rings is 1. The number of fused-ring (bicyclic) bond motifs is 4. The summed E-state index contributed by atoms with van der Waals surface area (Å²) in [4.78, 5) is 31.5. The summed E-state index contributed by atoms with van der Waals surface area (Å²) in [5, 5.41) is 3.53. The molecule has 2 aromatic rings. The Bertz CT molecular complexity index is 1090. The Morgan fingerprint density at radius 1 is 1.21 bits per heavy atom. The minimum atomic E-state index is -0.315. The van der Waals surface area contributed by atoms with E-state index in [1.807, 2.05) is 6.92 Å². The van der Waals surface area contributed by atoms with Gasteiger partial charge in [0.15, 0.2) is 5.13 Å². The number of aromatic nitrogens is 1. The molecule has 1 amide bonds. The first-order valence-corrected chi connectivity index (χ1v) is 12.3. The molecule has 7 nitrogen and oxygen atoms in total. The van der Waals surface area contributed by atoms with Crippen LogP contribution in [0.25, 0.3) is 0 Å². The summed E-state index contributed by atoms with van der Waals surface area (Å²) in [5.41, 5.74) is 1.41. The maximum Gasteiger partial charge on any atom is 0.309 e. The molecule has 0 unspecified atom stereocenters. The summed E-state index contributed by atoms with van der Waals surface area (Å²) in [6.45, 7) is 6.51. The van der Waals surface area contributed by atoms with Gasteiger partial charge in [-0.3, -0.25) is 14.9 Å². The lowest BCUT2D eigenvalue weighted by molar-refractivity contribution is -0.149. The molecular formula is C25H30N2O5S. The zero-order chi connectivity index (χ0) is 23.5. The summed E-state index contributed by atoms with van der Waals surface area (Å²) in [6.07, 6.45) is 2.93. The molecule has 0 spiro atoms. The van der Waals surface area contributed by atoms with Crippen LogP contribution in [0.1, 0.15) is 60.5 Å². The Morgan fingerprint density at radius 2 is 1.91 bits per heavy atom. The lowest BCUT2D eigenvalue weighted by Crippen LogP contribution is -2.50. The number of ether oxygens (including phenoxy) is 3. The van der Waals surface area contributed by atoms with Gasteiger partial charge < -0.3 is 14.2 Å². The summed E-state index contributed by atoms with van der Waals surface area (Å²) in [5.74, 6) is 1.15. The number of hydrogen-bond donors (Lipinski definition) is 1. The molecule has 2 aliphatic carbocycles. The minimum absolute atomic E-state index is 0.0331. The maximum atomic E-state index is 13.1. The average molecular weight is 471 g/mol. The van der Waals surface area contributed by atoms with E-state index >= 15 is 0 Å². The number of carbonyl (C=O) groups excluding carboxylic acids is 2. The fourth-order valence-electron chi connectivity index (χ4n) is 6.37. The van der Waals surface area contributed by atoms with Gasteiger partial charge in [0.05, 0.1) is 25.8 Å². The largest absolute Gasteiger partial charge is 0.496 e. The molecular weight excluding hydrogens is 440 g/mol. The Balaban J connectivity index is 1.44. The highest BCUT2D eigenvalue weighted by Crippen LogP contribution is 2.59. The van der Waals surface area contributed by atoms with Crippen molar-refractivity contribution in [1.82, 2.24) is 4.98 Å². The van der Waals surface area contributed by atoms with Crippen molar-refractivity contribution in [3.8, 4) is 11.5 Å². The van der Waals surface area contributed by atoms with Gasteiger partial charge in [0.1, 0.15) is 23.2 Å². The molecule has 1 aliphatic heterocycles. The number of amides is 1. The van der Waals surface area contributed by atoms with Crippen LogP contribution in [-0.4, -0.2) is 37.2 Å². The van der Waals surface area contributed by atoms with E-state index in [1.54, 1.807) is 18.2 Å². The van der Waals surface area contributed by atoms with E-state index in [0.29, 0.717) is 22.2 Å². The third-order valence-corrected chi connectivity index (χ3v) is 9.02. The third-order valence-electron chi connectivity index (χ3n) is 8.03. The van der Waals surface area contributed by atoms with Crippen molar-refractivity contribution in [3.63, 3.8) is 0 Å². The quantitative estimate of drug-likeness (QED) is 0.654. The van der Waals surface area contributed by atoms with Crippen LogP contribution >= 0.6 is 11.3 Å². The van der Waals surface area contributed by atoms with E-state index in [-0.39, 0.29) is 47.1 Å². The van der Waals surface area contributed by atoms with E-state index in [2.05, 4.69) is 19.2 Å². The highest BCUT2D eigenvalue weighted by atomic mass is 32.1. The molecule has 0 bridgehead atoms. The number of anilines is 1. The second-order valence-corrected chi connectivity index (χ2v) is 10.9. The number of nitrogens with one attached hydrogen (secondary N) is 1. The summed E-state index contributed by atoms with van der Waals surface area (Å²) < 4.78 is 16.7. The topological polar surface area (TPSA) is 86.8 Å². The molecule has 2 fully saturated rings. The first-order valence-electron chi connectivity index (χ1n) is 11.5. The first-order chi connectivity index (χ1) is 15.8. The highest BCUT2D eigenvalue weighted by Gasteiger charge is 2.58. The van der Waals surface area contributed by atoms with Crippen LogP contribution in [0.5, 0.6) is 11.5 Å². The van der Waals surface area contributed by atoms with E-state index in [1.165, 1.54) is 30.4 Å². The van der Waals surface area contributed by atoms with E-state index in [9.17, 15) is 9.59 Å². The molecule has 1 aromatic carbocycles. The van der Waals surface area contributed by atoms with E-state index < -0.39 is 0 Å². The van der Waals surface area contributed by atoms with Gasteiger partial charge in [-0.2, -0.15) is 0 Å². The second-order valence-electron chi connectivity index (χ2n) is 9.86. The van der Waals surface area contributed by atoms with Crippen molar-refractivity contribution in [1.29, 1.82) is 0 Å². The monoisotopic (exact) mass is 470 g/mol.